The van der Waals surface area contributed by atoms with Crippen molar-refractivity contribution in [3.63, 3.8) is 0 Å². The Kier molecular flexibility index (Phi) is 6.33. The van der Waals surface area contributed by atoms with E-state index in [-0.39, 0.29) is 33.7 Å². The number of ether oxygens (including phenoxy) is 1. The highest BCUT2D eigenvalue weighted by Crippen LogP contribution is 2.30. The maximum absolute atomic E-state index is 14.2. The third-order valence-electron chi connectivity index (χ3n) is 4.88. The molecule has 0 aliphatic rings. The number of methoxy groups -OCH3 is 1. The highest BCUT2D eigenvalue weighted by atomic mass is 32.2. The number of pyridine rings is 1. The molecular formula is C24H21FN4O4S. The van der Waals surface area contributed by atoms with Crippen LogP contribution in [0, 0.1) is 12.7 Å². The Labute approximate surface area is 196 Å². The second-order valence-corrected chi connectivity index (χ2v) is 8.92. The number of sulfonamides is 1. The number of nitrogens with zero attached hydrogens (tertiary/aromatic N) is 2. The highest BCUT2D eigenvalue weighted by molar-refractivity contribution is 7.92. The van der Waals surface area contributed by atoms with Gasteiger partial charge in [-0.3, -0.25) is 4.72 Å². The zero-order chi connectivity index (χ0) is 24.3. The molecule has 2 aromatic heterocycles. The van der Waals surface area contributed by atoms with Gasteiger partial charge in [0, 0.05) is 5.56 Å². The molecule has 4 aromatic rings. The summed E-state index contributed by atoms with van der Waals surface area (Å²) >= 11 is 0. The molecule has 0 aliphatic carbocycles. The van der Waals surface area contributed by atoms with Crippen molar-refractivity contribution >= 4 is 27.1 Å². The minimum absolute atomic E-state index is 0.152. The number of hydrogen-bond donors (Lipinski definition) is 2. The maximum atomic E-state index is 14.2. The molecule has 4 rings (SSSR count). The third kappa shape index (κ3) is 4.76. The van der Waals surface area contributed by atoms with Gasteiger partial charge in [0.25, 0.3) is 10.0 Å². The smallest absolute Gasteiger partial charge is 0.267 e. The van der Waals surface area contributed by atoms with E-state index in [4.69, 9.17) is 9.15 Å². The fourth-order valence-corrected chi connectivity index (χ4v) is 4.46. The summed E-state index contributed by atoms with van der Waals surface area (Å²) in [5.41, 5.74) is 1.70. The minimum Gasteiger partial charge on any atom is -0.480 e. The van der Waals surface area contributed by atoms with Gasteiger partial charge in [0.05, 0.1) is 36.6 Å². The van der Waals surface area contributed by atoms with Crippen molar-refractivity contribution < 1.29 is 22.0 Å². The average Bonchev–Trinajstić information content (AvgIpc) is 3.33. The molecule has 0 amide bonds. The average molecular weight is 481 g/mol. The summed E-state index contributed by atoms with van der Waals surface area (Å²) in [5.74, 6) is -0.0743. The number of anilines is 2. The lowest BCUT2D eigenvalue weighted by molar-refractivity contribution is 0.385. The summed E-state index contributed by atoms with van der Waals surface area (Å²) in [6.45, 7) is 5.51. The first-order valence-electron chi connectivity index (χ1n) is 10.1. The van der Waals surface area contributed by atoms with Crippen LogP contribution in [-0.4, -0.2) is 25.5 Å². The van der Waals surface area contributed by atoms with Crippen molar-refractivity contribution in [2.75, 3.05) is 17.1 Å². The van der Waals surface area contributed by atoms with E-state index >= 15 is 0 Å². The van der Waals surface area contributed by atoms with Crippen LogP contribution >= 0.6 is 0 Å². The largest absolute Gasteiger partial charge is 0.480 e. The molecule has 2 aromatic carbocycles. The number of nitrogens with one attached hydrogen (secondary N) is 2. The number of hydrogen-bond acceptors (Lipinski definition) is 7. The molecule has 10 heteroatoms. The number of benzene rings is 2. The van der Waals surface area contributed by atoms with E-state index in [0.717, 1.165) is 5.56 Å². The predicted octanol–water partition coefficient (Wildman–Crippen LogP) is 5.08. The van der Waals surface area contributed by atoms with Gasteiger partial charge in [-0.1, -0.05) is 49.0 Å². The fourth-order valence-electron chi connectivity index (χ4n) is 3.17. The molecule has 0 saturated carbocycles. The second-order valence-electron chi connectivity index (χ2n) is 7.27. The zero-order valence-electron chi connectivity index (χ0n) is 18.4. The Morgan fingerprint density at radius 1 is 1.09 bits per heavy atom. The summed E-state index contributed by atoms with van der Waals surface area (Å²) in [4.78, 5) is 8.00. The molecule has 8 nitrogen and oxygen atoms in total. The molecule has 0 saturated heterocycles. The van der Waals surface area contributed by atoms with Gasteiger partial charge in [-0.15, -0.1) is 0 Å². The van der Waals surface area contributed by atoms with E-state index in [1.165, 1.54) is 31.5 Å². The van der Waals surface area contributed by atoms with E-state index in [1.54, 1.807) is 19.2 Å². The minimum atomic E-state index is -4.24. The van der Waals surface area contributed by atoms with Crippen LogP contribution < -0.4 is 14.8 Å². The Hall–Kier alpha value is -4.18. The van der Waals surface area contributed by atoms with Crippen LogP contribution in [0.5, 0.6) is 5.88 Å². The molecule has 0 fully saturated rings. The molecule has 0 spiro atoms. The fraction of sp³-hybridized carbons (Fsp3) is 0.0833. The monoisotopic (exact) mass is 480 g/mol. The highest BCUT2D eigenvalue weighted by Gasteiger charge is 2.24. The summed E-state index contributed by atoms with van der Waals surface area (Å²) in [6, 6.07) is 15.0. The van der Waals surface area contributed by atoms with E-state index < -0.39 is 15.8 Å². The molecule has 2 heterocycles. The maximum Gasteiger partial charge on any atom is 0.267 e. The molecule has 2 N–H and O–H groups in total. The van der Waals surface area contributed by atoms with Crippen LogP contribution in [0.25, 0.3) is 17.0 Å². The molecule has 34 heavy (non-hydrogen) atoms. The summed E-state index contributed by atoms with van der Waals surface area (Å²) < 4.78 is 53.5. The van der Waals surface area contributed by atoms with Gasteiger partial charge < -0.3 is 14.5 Å². The van der Waals surface area contributed by atoms with E-state index in [9.17, 15) is 12.8 Å². The lowest BCUT2D eigenvalue weighted by atomic mass is 10.2. The van der Waals surface area contributed by atoms with E-state index in [1.807, 2.05) is 30.3 Å². The predicted molar refractivity (Wildman–Crippen MR) is 127 cm³/mol. The number of halogens is 1. The van der Waals surface area contributed by atoms with Crippen LogP contribution in [0.15, 0.2) is 82.9 Å². The summed E-state index contributed by atoms with van der Waals surface area (Å²) in [7, 11) is -2.95. The number of aryl methyl sites for hydroxylation is 1. The molecule has 0 aliphatic heterocycles. The van der Waals surface area contributed by atoms with Gasteiger partial charge in [0.2, 0.25) is 11.8 Å². The van der Waals surface area contributed by atoms with Crippen LogP contribution in [0.4, 0.5) is 15.8 Å². The van der Waals surface area contributed by atoms with Gasteiger partial charge in [-0.2, -0.15) is 0 Å². The first-order chi connectivity index (χ1) is 16.3. The quantitative estimate of drug-likeness (QED) is 0.362. The van der Waals surface area contributed by atoms with Gasteiger partial charge in [-0.05, 0) is 24.6 Å². The van der Waals surface area contributed by atoms with Crippen LogP contribution in [0.2, 0.25) is 0 Å². The Bertz CT molecular complexity index is 1430. The Morgan fingerprint density at radius 3 is 2.56 bits per heavy atom. The van der Waals surface area contributed by atoms with Gasteiger partial charge >= 0.3 is 0 Å². The molecule has 0 unspecified atom stereocenters. The van der Waals surface area contributed by atoms with Crippen molar-refractivity contribution in [3.8, 4) is 17.2 Å². The first kappa shape index (κ1) is 23.0. The second kappa shape index (κ2) is 9.36. The molecule has 0 atom stereocenters. The molecule has 0 radical (unpaired) electrons. The lowest BCUT2D eigenvalue weighted by Gasteiger charge is -2.15. The lowest BCUT2D eigenvalue weighted by Crippen LogP contribution is -2.17. The van der Waals surface area contributed by atoms with Crippen LogP contribution in [-0.2, 0) is 10.0 Å². The van der Waals surface area contributed by atoms with Crippen molar-refractivity contribution in [3.05, 3.63) is 90.8 Å². The van der Waals surface area contributed by atoms with Crippen molar-refractivity contribution in [1.82, 2.24) is 9.97 Å². The Balaban J connectivity index is 1.60. The third-order valence-corrected chi connectivity index (χ3v) is 6.22. The SMILES string of the molecule is C=C(Nc1cnc(OC)c(S(=O)(=O)Nc2c(C)cccc2F)c1)c1ncc(-c2ccccc2)o1. The summed E-state index contributed by atoms with van der Waals surface area (Å²) in [5, 5.41) is 2.94. The first-order valence-corrected chi connectivity index (χ1v) is 11.6. The van der Waals surface area contributed by atoms with Crippen LogP contribution in [0.1, 0.15) is 11.5 Å². The standard InChI is InChI=1S/C24H21FN4O4S/c1-15-8-7-11-19(25)22(15)29-34(30,31)21-12-18(13-26-24(21)32-3)28-16(2)23-27-14-20(33-23)17-9-5-4-6-10-17/h4-14,28-29H,2H2,1,3H3. The van der Waals surface area contributed by atoms with Crippen molar-refractivity contribution in [1.29, 1.82) is 0 Å². The van der Waals surface area contributed by atoms with Gasteiger partial charge in [0.15, 0.2) is 10.7 Å². The molecular weight excluding hydrogens is 459 g/mol. The number of oxazole rings is 1. The van der Waals surface area contributed by atoms with Crippen molar-refractivity contribution in [2.24, 2.45) is 0 Å². The Morgan fingerprint density at radius 2 is 1.85 bits per heavy atom. The van der Waals surface area contributed by atoms with Gasteiger partial charge in [-0.25, -0.2) is 22.8 Å². The molecule has 0 bridgehead atoms. The number of rotatable bonds is 8. The molecule has 174 valence electrons. The zero-order valence-corrected chi connectivity index (χ0v) is 19.2. The van der Waals surface area contributed by atoms with Gasteiger partial charge in [0.1, 0.15) is 5.82 Å². The topological polar surface area (TPSA) is 106 Å². The van der Waals surface area contributed by atoms with E-state index in [2.05, 4.69) is 26.6 Å². The normalized spacial score (nSPS) is 11.1. The van der Waals surface area contributed by atoms with E-state index in [0.29, 0.717) is 11.3 Å². The van der Waals surface area contributed by atoms with Crippen LogP contribution in [0.3, 0.4) is 0 Å². The summed E-state index contributed by atoms with van der Waals surface area (Å²) in [6.07, 6.45) is 2.94. The number of para-hydroxylation sites is 1. The van der Waals surface area contributed by atoms with Crippen molar-refractivity contribution in [2.45, 2.75) is 11.8 Å². The number of aromatic nitrogens is 2.